The Labute approximate surface area is 178 Å². The van der Waals surface area contributed by atoms with Crippen LogP contribution in [0.5, 0.6) is 5.75 Å². The summed E-state index contributed by atoms with van der Waals surface area (Å²) in [6.07, 6.45) is 3.22. The Morgan fingerprint density at radius 3 is 3.03 bits per heavy atom. The molecule has 2 N–H and O–H groups in total. The topological polar surface area (TPSA) is 90.8 Å². The number of nitrogens with one attached hydrogen (secondary N) is 1. The summed E-state index contributed by atoms with van der Waals surface area (Å²) in [6.45, 7) is 3.80. The van der Waals surface area contributed by atoms with Crippen LogP contribution < -0.4 is 5.32 Å². The van der Waals surface area contributed by atoms with Crippen molar-refractivity contribution in [3.05, 3.63) is 53.3 Å². The molecule has 0 spiro atoms. The van der Waals surface area contributed by atoms with Gasteiger partial charge in [0, 0.05) is 37.3 Å². The van der Waals surface area contributed by atoms with Crippen LogP contribution in [0.2, 0.25) is 0 Å². The molecule has 0 bridgehead atoms. The van der Waals surface area contributed by atoms with E-state index in [2.05, 4.69) is 31.2 Å². The van der Waals surface area contributed by atoms with Gasteiger partial charge in [0.2, 0.25) is 5.91 Å². The van der Waals surface area contributed by atoms with Gasteiger partial charge in [0.25, 0.3) is 0 Å². The van der Waals surface area contributed by atoms with Crippen LogP contribution >= 0.6 is 11.3 Å². The van der Waals surface area contributed by atoms with E-state index in [1.54, 1.807) is 29.8 Å². The fourth-order valence-electron chi connectivity index (χ4n) is 4.21. The zero-order valence-electron chi connectivity index (χ0n) is 16.4. The van der Waals surface area contributed by atoms with Crippen LogP contribution in [0.25, 0.3) is 10.2 Å². The molecular formula is C21H23N5O3S. The lowest BCUT2D eigenvalue weighted by Gasteiger charge is -2.44. The van der Waals surface area contributed by atoms with E-state index >= 15 is 0 Å². The van der Waals surface area contributed by atoms with Crippen molar-refractivity contribution in [2.75, 3.05) is 39.3 Å². The number of thiophene rings is 1. The molecule has 0 radical (unpaired) electrons. The van der Waals surface area contributed by atoms with Crippen LogP contribution in [-0.2, 0) is 9.53 Å². The van der Waals surface area contributed by atoms with Gasteiger partial charge in [-0.3, -0.25) is 14.6 Å². The van der Waals surface area contributed by atoms with Gasteiger partial charge in [0.1, 0.15) is 12.1 Å². The highest BCUT2D eigenvalue weighted by molar-refractivity contribution is 7.19. The number of rotatable bonds is 4. The monoisotopic (exact) mass is 425 g/mol. The third kappa shape index (κ3) is 3.89. The van der Waals surface area contributed by atoms with E-state index in [-0.39, 0.29) is 23.9 Å². The number of phenols is 1. The number of aromatic nitrogens is 2. The second kappa shape index (κ2) is 8.27. The van der Waals surface area contributed by atoms with Crippen molar-refractivity contribution in [2.45, 2.75) is 12.3 Å². The maximum atomic E-state index is 12.1. The van der Waals surface area contributed by atoms with E-state index in [1.807, 2.05) is 18.3 Å². The molecule has 5 rings (SSSR count). The normalized spacial score (nSPS) is 22.1. The number of aromatic hydroxyl groups is 1. The van der Waals surface area contributed by atoms with Crippen molar-refractivity contribution in [3.63, 3.8) is 0 Å². The van der Waals surface area contributed by atoms with Crippen LogP contribution in [0.3, 0.4) is 0 Å². The van der Waals surface area contributed by atoms with Crippen LogP contribution in [0.1, 0.15) is 22.7 Å². The van der Waals surface area contributed by atoms with Crippen LogP contribution in [0.15, 0.2) is 42.9 Å². The summed E-state index contributed by atoms with van der Waals surface area (Å²) in [7, 11) is 0. The zero-order chi connectivity index (χ0) is 20.5. The fraction of sp³-hybridized carbons (Fsp3) is 0.381. The lowest BCUT2D eigenvalue weighted by Crippen LogP contribution is -2.54. The van der Waals surface area contributed by atoms with Crippen LogP contribution in [-0.4, -0.2) is 70.1 Å². The molecule has 2 atom stereocenters. The third-order valence-electron chi connectivity index (χ3n) is 5.57. The van der Waals surface area contributed by atoms with Crippen LogP contribution in [0, 0.1) is 0 Å². The minimum Gasteiger partial charge on any atom is -0.508 e. The molecule has 30 heavy (non-hydrogen) atoms. The zero-order valence-corrected chi connectivity index (χ0v) is 17.2. The van der Waals surface area contributed by atoms with Gasteiger partial charge in [-0.2, -0.15) is 0 Å². The van der Waals surface area contributed by atoms with E-state index < -0.39 is 0 Å². The highest BCUT2D eigenvalue weighted by Crippen LogP contribution is 2.37. The fourth-order valence-corrected chi connectivity index (χ4v) is 5.37. The first-order chi connectivity index (χ1) is 14.7. The number of morpholine rings is 1. The summed E-state index contributed by atoms with van der Waals surface area (Å²) in [4.78, 5) is 26.4. The van der Waals surface area contributed by atoms with Gasteiger partial charge in [-0.15, -0.1) is 11.3 Å². The molecule has 4 heterocycles. The molecule has 1 amide bonds. The number of benzene rings is 1. The first-order valence-electron chi connectivity index (χ1n) is 10.0. The van der Waals surface area contributed by atoms with Gasteiger partial charge in [0.15, 0.2) is 0 Å². The minimum atomic E-state index is -0.138. The average molecular weight is 426 g/mol. The predicted octanol–water partition coefficient (Wildman–Crippen LogP) is 1.90. The molecule has 1 aromatic carbocycles. The van der Waals surface area contributed by atoms with Gasteiger partial charge in [-0.05, 0) is 23.8 Å². The molecule has 3 aromatic rings. The number of hydrogen-bond acceptors (Lipinski definition) is 8. The highest BCUT2D eigenvalue weighted by Gasteiger charge is 2.35. The quantitative estimate of drug-likeness (QED) is 0.660. The van der Waals surface area contributed by atoms with Crippen molar-refractivity contribution in [3.8, 4) is 5.75 Å². The molecule has 2 aromatic heterocycles. The minimum absolute atomic E-state index is 0.0426. The molecule has 8 nitrogen and oxygen atoms in total. The number of carbonyl (C=O) groups excluding carboxylic acids is 1. The summed E-state index contributed by atoms with van der Waals surface area (Å²) < 4.78 is 7.07. The number of amides is 1. The SMILES string of the molecule is O=C1CN(C(c2cc3ncncc3s2)N2CCOC(c3cccc(O)c3)C2)CCN1. The van der Waals surface area contributed by atoms with Gasteiger partial charge in [-0.1, -0.05) is 12.1 Å². The molecule has 9 heteroatoms. The molecule has 0 aliphatic carbocycles. The smallest absolute Gasteiger partial charge is 0.234 e. The molecule has 2 aliphatic heterocycles. The molecule has 0 saturated carbocycles. The Morgan fingerprint density at radius 1 is 1.27 bits per heavy atom. The molecule has 2 fully saturated rings. The standard InChI is InChI=1S/C21H23N5O3S/c27-15-3-1-2-14(8-15)17-11-26(6-7-29-17)21(25-5-4-23-20(28)12-25)18-9-16-19(30-18)10-22-13-24-16/h1-3,8-10,13,17,21,27H,4-7,11-12H2,(H,23,28). The maximum absolute atomic E-state index is 12.1. The van der Waals surface area contributed by atoms with Gasteiger partial charge in [-0.25, -0.2) is 9.97 Å². The third-order valence-corrected chi connectivity index (χ3v) is 6.67. The Kier molecular flexibility index (Phi) is 5.34. The van der Waals surface area contributed by atoms with Gasteiger partial charge < -0.3 is 15.2 Å². The summed E-state index contributed by atoms with van der Waals surface area (Å²) in [5.41, 5.74) is 1.88. The van der Waals surface area contributed by atoms with Crippen molar-refractivity contribution in [2.24, 2.45) is 0 Å². The lowest BCUT2D eigenvalue weighted by atomic mass is 10.1. The molecule has 2 saturated heterocycles. The first-order valence-corrected chi connectivity index (χ1v) is 10.8. The van der Waals surface area contributed by atoms with Crippen molar-refractivity contribution in [1.82, 2.24) is 25.1 Å². The number of phenolic OH excluding ortho intramolecular Hbond substituents is 1. The second-order valence-electron chi connectivity index (χ2n) is 7.56. The Balaban J connectivity index is 1.48. The number of nitrogens with zero attached hydrogens (tertiary/aromatic N) is 4. The second-order valence-corrected chi connectivity index (χ2v) is 8.68. The first kappa shape index (κ1) is 19.4. The Hall–Kier alpha value is -2.59. The van der Waals surface area contributed by atoms with Crippen molar-refractivity contribution < 1.29 is 14.6 Å². The summed E-state index contributed by atoms with van der Waals surface area (Å²) in [5.74, 6) is 0.283. The molecule has 2 unspecified atom stereocenters. The van der Waals surface area contributed by atoms with E-state index in [9.17, 15) is 9.90 Å². The molecule has 156 valence electrons. The largest absolute Gasteiger partial charge is 0.508 e. The average Bonchev–Trinajstić information content (AvgIpc) is 3.18. The van der Waals surface area contributed by atoms with Gasteiger partial charge >= 0.3 is 0 Å². The van der Waals surface area contributed by atoms with Crippen molar-refractivity contribution >= 4 is 27.5 Å². The van der Waals surface area contributed by atoms with Crippen molar-refractivity contribution in [1.29, 1.82) is 0 Å². The highest BCUT2D eigenvalue weighted by atomic mass is 32.1. The van der Waals surface area contributed by atoms with E-state index in [1.165, 1.54) is 0 Å². The number of ether oxygens (including phenoxy) is 1. The molecule has 2 aliphatic rings. The van der Waals surface area contributed by atoms with E-state index in [0.717, 1.165) is 33.7 Å². The Bertz CT molecular complexity index is 1020. The maximum Gasteiger partial charge on any atom is 0.234 e. The lowest BCUT2D eigenvalue weighted by molar-refractivity contribution is -0.129. The summed E-state index contributed by atoms with van der Waals surface area (Å²) in [6, 6.07) is 9.35. The number of hydrogen-bond donors (Lipinski definition) is 2. The number of carbonyl (C=O) groups is 1. The predicted molar refractivity (Wildman–Crippen MR) is 113 cm³/mol. The number of piperazine rings is 1. The Morgan fingerprint density at radius 2 is 2.20 bits per heavy atom. The summed E-state index contributed by atoms with van der Waals surface area (Å²) in [5, 5.41) is 12.8. The van der Waals surface area contributed by atoms with Crippen LogP contribution in [0.4, 0.5) is 0 Å². The number of fused-ring (bicyclic) bond motifs is 1. The van der Waals surface area contributed by atoms with Gasteiger partial charge in [0.05, 0.1) is 35.6 Å². The van der Waals surface area contributed by atoms with E-state index in [4.69, 9.17) is 4.74 Å². The molecular weight excluding hydrogens is 402 g/mol. The van der Waals surface area contributed by atoms with E-state index in [0.29, 0.717) is 26.2 Å². The summed E-state index contributed by atoms with van der Waals surface area (Å²) >= 11 is 1.67.